The third kappa shape index (κ3) is 1.62. The van der Waals surface area contributed by atoms with E-state index in [0.29, 0.717) is 5.75 Å². The molecule has 0 saturated heterocycles. The minimum absolute atomic E-state index is 0.000185. The molecule has 2 N–H and O–H groups in total. The van der Waals surface area contributed by atoms with Gasteiger partial charge in [0, 0.05) is 11.6 Å². The summed E-state index contributed by atoms with van der Waals surface area (Å²) in [6.07, 6.45) is 1.73. The standard InChI is InChI=1S/C12H13NO3/c1-7-3-4-9(16-2)11-8(5-10(14)15)6-13-12(7)11/h3-4,6,13H,5H2,1-2H3,(H,14,15). The summed E-state index contributed by atoms with van der Waals surface area (Å²) >= 11 is 0. The smallest absolute Gasteiger partial charge is 0.307 e. The second kappa shape index (κ2) is 3.89. The number of ether oxygens (including phenoxy) is 1. The van der Waals surface area contributed by atoms with E-state index in [1.54, 1.807) is 13.3 Å². The third-order valence-corrected chi connectivity index (χ3v) is 2.65. The highest BCUT2D eigenvalue weighted by molar-refractivity contribution is 5.93. The van der Waals surface area contributed by atoms with Crippen LogP contribution in [0, 0.1) is 6.92 Å². The van der Waals surface area contributed by atoms with Crippen molar-refractivity contribution in [2.75, 3.05) is 7.11 Å². The van der Waals surface area contributed by atoms with Gasteiger partial charge in [0.15, 0.2) is 0 Å². The normalized spacial score (nSPS) is 10.6. The highest BCUT2D eigenvalue weighted by atomic mass is 16.5. The highest BCUT2D eigenvalue weighted by Gasteiger charge is 2.13. The molecule has 0 aliphatic heterocycles. The van der Waals surface area contributed by atoms with Crippen LogP contribution in [0.1, 0.15) is 11.1 Å². The molecule has 0 amide bonds. The molecule has 2 aromatic rings. The van der Waals surface area contributed by atoms with Crippen molar-refractivity contribution >= 4 is 16.9 Å². The van der Waals surface area contributed by atoms with Gasteiger partial charge >= 0.3 is 5.97 Å². The van der Waals surface area contributed by atoms with E-state index in [1.165, 1.54) is 0 Å². The summed E-state index contributed by atoms with van der Waals surface area (Å²) in [5.74, 6) is -0.137. The maximum atomic E-state index is 10.7. The first kappa shape index (κ1) is 10.5. The van der Waals surface area contributed by atoms with Crippen molar-refractivity contribution in [3.05, 3.63) is 29.5 Å². The average Bonchev–Trinajstić information content (AvgIpc) is 2.63. The number of methoxy groups -OCH3 is 1. The zero-order chi connectivity index (χ0) is 11.7. The van der Waals surface area contributed by atoms with Gasteiger partial charge in [0.1, 0.15) is 5.75 Å². The lowest BCUT2D eigenvalue weighted by atomic mass is 10.1. The number of carbonyl (C=O) groups is 1. The Morgan fingerprint density at radius 3 is 2.88 bits per heavy atom. The topological polar surface area (TPSA) is 62.3 Å². The maximum absolute atomic E-state index is 10.7. The fourth-order valence-electron chi connectivity index (χ4n) is 1.90. The lowest BCUT2D eigenvalue weighted by Gasteiger charge is -2.05. The van der Waals surface area contributed by atoms with E-state index < -0.39 is 5.97 Å². The summed E-state index contributed by atoms with van der Waals surface area (Å²) in [5.41, 5.74) is 2.77. The van der Waals surface area contributed by atoms with Crippen molar-refractivity contribution < 1.29 is 14.6 Å². The van der Waals surface area contributed by atoms with Gasteiger partial charge in [0.25, 0.3) is 0 Å². The summed E-state index contributed by atoms with van der Waals surface area (Å²) < 4.78 is 5.25. The van der Waals surface area contributed by atoms with Gasteiger partial charge in [-0.1, -0.05) is 6.07 Å². The van der Waals surface area contributed by atoms with Crippen LogP contribution in [0.4, 0.5) is 0 Å². The van der Waals surface area contributed by atoms with Crippen molar-refractivity contribution in [3.8, 4) is 5.75 Å². The first-order valence-electron chi connectivity index (χ1n) is 4.99. The molecule has 1 heterocycles. The molecule has 0 radical (unpaired) electrons. The summed E-state index contributed by atoms with van der Waals surface area (Å²) in [6, 6.07) is 3.80. The molecule has 0 saturated carbocycles. The molecule has 4 nitrogen and oxygen atoms in total. The van der Waals surface area contributed by atoms with Gasteiger partial charge in [0.2, 0.25) is 0 Å². The number of aromatic nitrogens is 1. The molecule has 0 fully saturated rings. The number of hydrogen-bond donors (Lipinski definition) is 2. The zero-order valence-electron chi connectivity index (χ0n) is 9.20. The van der Waals surface area contributed by atoms with Crippen LogP contribution in [-0.2, 0) is 11.2 Å². The van der Waals surface area contributed by atoms with Gasteiger partial charge in [-0.15, -0.1) is 0 Å². The van der Waals surface area contributed by atoms with Crippen LogP contribution in [0.5, 0.6) is 5.75 Å². The third-order valence-electron chi connectivity index (χ3n) is 2.65. The van der Waals surface area contributed by atoms with Gasteiger partial charge in [-0.2, -0.15) is 0 Å². The van der Waals surface area contributed by atoms with Gasteiger partial charge in [-0.25, -0.2) is 0 Å². The molecule has 1 aromatic carbocycles. The van der Waals surface area contributed by atoms with Gasteiger partial charge in [0.05, 0.1) is 19.0 Å². The highest BCUT2D eigenvalue weighted by Crippen LogP contribution is 2.31. The van der Waals surface area contributed by atoms with Gasteiger partial charge < -0.3 is 14.8 Å². The van der Waals surface area contributed by atoms with Gasteiger partial charge in [-0.05, 0) is 24.1 Å². The number of carboxylic acids is 1. The van der Waals surface area contributed by atoms with Crippen LogP contribution in [0.2, 0.25) is 0 Å². The minimum atomic E-state index is -0.843. The first-order valence-corrected chi connectivity index (χ1v) is 4.99. The number of fused-ring (bicyclic) bond motifs is 1. The van der Waals surface area contributed by atoms with Crippen LogP contribution in [0.15, 0.2) is 18.3 Å². The summed E-state index contributed by atoms with van der Waals surface area (Å²) in [7, 11) is 1.58. The van der Waals surface area contributed by atoms with E-state index in [2.05, 4.69) is 4.98 Å². The first-order chi connectivity index (χ1) is 7.63. The number of H-pyrrole nitrogens is 1. The number of rotatable bonds is 3. The number of aliphatic carboxylic acids is 1. The molecular formula is C12H13NO3. The zero-order valence-corrected chi connectivity index (χ0v) is 9.20. The summed E-state index contributed by atoms with van der Waals surface area (Å²) in [5, 5.41) is 9.69. The molecular weight excluding hydrogens is 206 g/mol. The maximum Gasteiger partial charge on any atom is 0.307 e. The fourth-order valence-corrected chi connectivity index (χ4v) is 1.90. The van der Waals surface area contributed by atoms with Crippen molar-refractivity contribution in [1.29, 1.82) is 0 Å². The molecule has 0 aliphatic rings. The number of carboxylic acid groups (broad SMARTS) is 1. The van der Waals surface area contributed by atoms with E-state index in [0.717, 1.165) is 22.0 Å². The number of aryl methyl sites for hydroxylation is 1. The molecule has 0 unspecified atom stereocenters. The second-order valence-corrected chi connectivity index (χ2v) is 3.72. The Kier molecular flexibility index (Phi) is 2.56. The SMILES string of the molecule is COc1ccc(C)c2[nH]cc(CC(=O)O)c12. The van der Waals surface area contributed by atoms with Crippen LogP contribution >= 0.6 is 0 Å². The number of nitrogens with one attached hydrogen (secondary N) is 1. The van der Waals surface area contributed by atoms with Crippen LogP contribution in [0.25, 0.3) is 10.9 Å². The predicted octanol–water partition coefficient (Wildman–Crippen LogP) is 2.11. The van der Waals surface area contributed by atoms with E-state index in [1.807, 2.05) is 19.1 Å². The van der Waals surface area contributed by atoms with E-state index >= 15 is 0 Å². The quantitative estimate of drug-likeness (QED) is 0.831. The van der Waals surface area contributed by atoms with Crippen LogP contribution in [0.3, 0.4) is 0 Å². The molecule has 0 atom stereocenters. The lowest BCUT2D eigenvalue weighted by molar-refractivity contribution is -0.136. The molecule has 16 heavy (non-hydrogen) atoms. The molecule has 1 aromatic heterocycles. The Morgan fingerprint density at radius 1 is 1.50 bits per heavy atom. The molecule has 84 valence electrons. The Balaban J connectivity index is 2.67. The molecule has 0 bridgehead atoms. The second-order valence-electron chi connectivity index (χ2n) is 3.72. The van der Waals surface area contributed by atoms with Crippen molar-refractivity contribution in [2.24, 2.45) is 0 Å². The average molecular weight is 219 g/mol. The molecule has 0 spiro atoms. The number of hydrogen-bond acceptors (Lipinski definition) is 2. The summed E-state index contributed by atoms with van der Waals surface area (Å²) in [6.45, 7) is 1.98. The number of benzene rings is 1. The predicted molar refractivity (Wildman–Crippen MR) is 60.9 cm³/mol. The Morgan fingerprint density at radius 2 is 2.25 bits per heavy atom. The van der Waals surface area contributed by atoms with Crippen molar-refractivity contribution in [3.63, 3.8) is 0 Å². The lowest BCUT2D eigenvalue weighted by Crippen LogP contribution is -1.99. The Labute approximate surface area is 92.9 Å². The molecule has 0 aliphatic carbocycles. The number of aromatic amines is 1. The van der Waals surface area contributed by atoms with Crippen LogP contribution < -0.4 is 4.74 Å². The largest absolute Gasteiger partial charge is 0.496 e. The molecule has 2 rings (SSSR count). The monoisotopic (exact) mass is 219 g/mol. The van der Waals surface area contributed by atoms with E-state index in [9.17, 15) is 4.79 Å². The van der Waals surface area contributed by atoms with Crippen molar-refractivity contribution in [2.45, 2.75) is 13.3 Å². The van der Waals surface area contributed by atoms with E-state index in [4.69, 9.17) is 9.84 Å². The fraction of sp³-hybridized carbons (Fsp3) is 0.250. The summed E-state index contributed by atoms with van der Waals surface area (Å²) in [4.78, 5) is 13.8. The van der Waals surface area contributed by atoms with Crippen molar-refractivity contribution in [1.82, 2.24) is 4.98 Å². The molecule has 4 heteroatoms. The Hall–Kier alpha value is -1.97. The Bertz CT molecular complexity index is 542. The van der Waals surface area contributed by atoms with Gasteiger partial charge in [-0.3, -0.25) is 4.79 Å². The van der Waals surface area contributed by atoms with E-state index in [-0.39, 0.29) is 6.42 Å². The minimum Gasteiger partial charge on any atom is -0.496 e. The van der Waals surface area contributed by atoms with Crippen LogP contribution in [-0.4, -0.2) is 23.2 Å².